The van der Waals surface area contributed by atoms with Crippen molar-refractivity contribution in [2.75, 3.05) is 10.7 Å². The molecule has 0 spiro atoms. The number of sulfone groups is 1. The molecule has 0 saturated heterocycles. The van der Waals surface area contributed by atoms with Gasteiger partial charge >= 0.3 is 0 Å². The van der Waals surface area contributed by atoms with Gasteiger partial charge in [0.05, 0.1) is 44.4 Å². The van der Waals surface area contributed by atoms with Crippen LogP contribution in [0.4, 0.5) is 10.8 Å². The minimum atomic E-state index is -3.33. The Morgan fingerprint density at radius 3 is 2.53 bits per heavy atom. The number of nitro groups is 1. The molecule has 0 aliphatic heterocycles. The first kappa shape index (κ1) is 23.5. The van der Waals surface area contributed by atoms with Crippen LogP contribution in [0.1, 0.15) is 18.2 Å². The van der Waals surface area contributed by atoms with Crippen LogP contribution in [-0.2, 0) is 27.6 Å². The molecule has 2 aromatic heterocycles. The molecule has 0 radical (unpaired) electrons. The molecule has 2 heterocycles. The number of thiazole rings is 1. The zero-order valence-corrected chi connectivity index (χ0v) is 19.8. The van der Waals surface area contributed by atoms with E-state index >= 15 is 0 Å². The Labute approximate surface area is 199 Å². The van der Waals surface area contributed by atoms with Gasteiger partial charge in [0, 0.05) is 18.3 Å². The van der Waals surface area contributed by atoms with Crippen LogP contribution < -0.4 is 4.90 Å². The summed E-state index contributed by atoms with van der Waals surface area (Å²) in [6.45, 7) is 1.75. The highest BCUT2D eigenvalue weighted by Crippen LogP contribution is 2.32. The van der Waals surface area contributed by atoms with Crippen molar-refractivity contribution in [1.82, 2.24) is 9.97 Å². The molecule has 9 nitrogen and oxygen atoms in total. The number of non-ortho nitro benzene ring substituents is 1. The van der Waals surface area contributed by atoms with E-state index in [1.165, 1.54) is 40.5 Å². The monoisotopic (exact) mass is 496 g/mol. The molecule has 174 valence electrons. The van der Waals surface area contributed by atoms with Crippen LogP contribution in [0.15, 0.2) is 71.8 Å². The van der Waals surface area contributed by atoms with Gasteiger partial charge in [-0.3, -0.25) is 24.8 Å². The molecule has 1 amide bonds. The molecule has 0 fully saturated rings. The third-order valence-corrected chi connectivity index (χ3v) is 7.96. The summed E-state index contributed by atoms with van der Waals surface area (Å²) in [5.41, 5.74) is 1.82. The van der Waals surface area contributed by atoms with Gasteiger partial charge in [-0.1, -0.05) is 36.5 Å². The lowest BCUT2D eigenvalue weighted by molar-refractivity contribution is -0.384. The highest BCUT2D eigenvalue weighted by molar-refractivity contribution is 7.91. The first-order valence-electron chi connectivity index (χ1n) is 10.3. The van der Waals surface area contributed by atoms with Crippen molar-refractivity contribution in [3.05, 3.63) is 88.2 Å². The van der Waals surface area contributed by atoms with Crippen LogP contribution in [0.25, 0.3) is 10.2 Å². The summed E-state index contributed by atoms with van der Waals surface area (Å²) in [6, 6.07) is 16.0. The van der Waals surface area contributed by atoms with Crippen molar-refractivity contribution in [1.29, 1.82) is 0 Å². The number of fused-ring (bicyclic) bond motifs is 1. The standard InChI is InChI=1S/C23H20N4O5S2/c1-2-34(31,32)19-9-6-16(7-10-19)13-22(28)26(15-17-5-3-4-12-24-17)23-25-20-11-8-18(27(29)30)14-21(20)33-23/h3-12,14H,2,13,15H2,1H3. The van der Waals surface area contributed by atoms with Crippen LogP contribution >= 0.6 is 11.3 Å². The second kappa shape index (κ2) is 9.65. The number of pyridine rings is 1. The van der Waals surface area contributed by atoms with E-state index in [4.69, 9.17) is 0 Å². The molecule has 0 aliphatic carbocycles. The molecule has 0 aliphatic rings. The molecule has 0 atom stereocenters. The molecule has 2 aromatic carbocycles. The lowest BCUT2D eigenvalue weighted by Crippen LogP contribution is -2.32. The van der Waals surface area contributed by atoms with E-state index in [-0.39, 0.29) is 35.2 Å². The average Bonchev–Trinajstić information content (AvgIpc) is 3.26. The van der Waals surface area contributed by atoms with Crippen molar-refractivity contribution in [3.63, 3.8) is 0 Å². The van der Waals surface area contributed by atoms with Crippen molar-refractivity contribution in [3.8, 4) is 0 Å². The molecule has 0 bridgehead atoms. The fourth-order valence-corrected chi connectivity index (χ4v) is 5.20. The third-order valence-electron chi connectivity index (χ3n) is 5.17. The molecule has 0 saturated carbocycles. The zero-order valence-electron chi connectivity index (χ0n) is 18.1. The number of carbonyl (C=O) groups is 1. The molecule has 11 heteroatoms. The predicted molar refractivity (Wildman–Crippen MR) is 130 cm³/mol. The summed E-state index contributed by atoms with van der Waals surface area (Å²) >= 11 is 1.19. The number of nitrogens with zero attached hydrogens (tertiary/aromatic N) is 4. The maximum absolute atomic E-state index is 13.3. The van der Waals surface area contributed by atoms with Gasteiger partial charge < -0.3 is 0 Å². The van der Waals surface area contributed by atoms with Gasteiger partial charge in [-0.15, -0.1) is 0 Å². The largest absolute Gasteiger partial charge is 0.282 e. The fraction of sp³-hybridized carbons (Fsp3) is 0.174. The predicted octanol–water partition coefficient (Wildman–Crippen LogP) is 4.17. The highest BCUT2D eigenvalue weighted by atomic mass is 32.2. The molecule has 0 unspecified atom stereocenters. The van der Waals surface area contributed by atoms with E-state index in [0.717, 1.165) is 0 Å². The van der Waals surface area contributed by atoms with Crippen molar-refractivity contribution in [2.45, 2.75) is 24.8 Å². The van der Waals surface area contributed by atoms with Gasteiger partial charge in [0.1, 0.15) is 0 Å². The number of hydrogen-bond donors (Lipinski definition) is 0. The topological polar surface area (TPSA) is 123 Å². The number of amides is 1. The van der Waals surface area contributed by atoms with E-state index in [1.807, 2.05) is 6.07 Å². The maximum atomic E-state index is 13.3. The van der Waals surface area contributed by atoms with Crippen LogP contribution in [-0.4, -0.2) is 35.0 Å². The van der Waals surface area contributed by atoms with E-state index < -0.39 is 14.8 Å². The Morgan fingerprint density at radius 1 is 1.12 bits per heavy atom. The molecular formula is C23H20N4O5S2. The number of hydrogen-bond acceptors (Lipinski definition) is 8. The minimum absolute atomic E-state index is 0.00109. The highest BCUT2D eigenvalue weighted by Gasteiger charge is 2.22. The van der Waals surface area contributed by atoms with E-state index in [0.29, 0.717) is 26.6 Å². The Kier molecular flexibility index (Phi) is 6.66. The smallest absolute Gasteiger partial charge is 0.270 e. The Morgan fingerprint density at radius 2 is 1.88 bits per heavy atom. The van der Waals surface area contributed by atoms with E-state index in [9.17, 15) is 23.3 Å². The summed E-state index contributed by atoms with van der Waals surface area (Å²) in [4.78, 5) is 34.5. The first-order chi connectivity index (χ1) is 16.3. The van der Waals surface area contributed by atoms with Gasteiger partial charge in [-0.05, 0) is 35.9 Å². The first-order valence-corrected chi connectivity index (χ1v) is 12.8. The summed E-state index contributed by atoms with van der Waals surface area (Å²) in [5, 5.41) is 11.5. The summed E-state index contributed by atoms with van der Waals surface area (Å²) in [5.74, 6) is -0.260. The normalized spacial score (nSPS) is 11.4. The van der Waals surface area contributed by atoms with Gasteiger partial charge in [-0.25, -0.2) is 13.4 Å². The van der Waals surface area contributed by atoms with Crippen molar-refractivity contribution in [2.24, 2.45) is 0 Å². The molecule has 4 aromatic rings. The lowest BCUT2D eigenvalue weighted by atomic mass is 10.1. The van der Waals surface area contributed by atoms with Crippen LogP contribution in [0.3, 0.4) is 0 Å². The summed E-state index contributed by atoms with van der Waals surface area (Å²) in [6.07, 6.45) is 1.65. The molecule has 4 rings (SSSR count). The van der Waals surface area contributed by atoms with Gasteiger partial charge in [0.25, 0.3) is 5.69 Å². The fourth-order valence-electron chi connectivity index (χ4n) is 3.30. The maximum Gasteiger partial charge on any atom is 0.270 e. The van der Waals surface area contributed by atoms with E-state index in [2.05, 4.69) is 9.97 Å². The van der Waals surface area contributed by atoms with Crippen LogP contribution in [0.2, 0.25) is 0 Å². The van der Waals surface area contributed by atoms with Crippen molar-refractivity contribution >= 4 is 48.1 Å². The number of nitro benzene ring substituents is 1. The van der Waals surface area contributed by atoms with Gasteiger partial charge in [0.15, 0.2) is 15.0 Å². The summed E-state index contributed by atoms with van der Waals surface area (Å²) in [7, 11) is -3.33. The second-order valence-electron chi connectivity index (χ2n) is 7.43. The zero-order chi connectivity index (χ0) is 24.3. The Balaban J connectivity index is 1.65. The minimum Gasteiger partial charge on any atom is -0.282 e. The number of anilines is 1. The number of carbonyl (C=O) groups excluding carboxylic acids is 1. The van der Waals surface area contributed by atoms with Crippen LogP contribution in [0.5, 0.6) is 0 Å². The molecule has 34 heavy (non-hydrogen) atoms. The molecular weight excluding hydrogens is 476 g/mol. The lowest BCUT2D eigenvalue weighted by Gasteiger charge is -2.19. The Hall–Kier alpha value is -3.70. The number of benzene rings is 2. The third kappa shape index (κ3) is 5.10. The van der Waals surface area contributed by atoms with Gasteiger partial charge in [-0.2, -0.15) is 0 Å². The number of rotatable bonds is 8. The average molecular weight is 497 g/mol. The summed E-state index contributed by atoms with van der Waals surface area (Å²) < 4.78 is 24.7. The number of aromatic nitrogens is 2. The molecule has 0 N–H and O–H groups in total. The Bertz CT molecular complexity index is 1450. The van der Waals surface area contributed by atoms with Crippen LogP contribution in [0, 0.1) is 10.1 Å². The van der Waals surface area contributed by atoms with E-state index in [1.54, 1.807) is 43.5 Å². The SMILES string of the molecule is CCS(=O)(=O)c1ccc(CC(=O)N(Cc2ccccn2)c2nc3ccc([N+](=O)[O-])cc3s2)cc1. The quantitative estimate of drug-likeness (QED) is 0.265. The van der Waals surface area contributed by atoms with Crippen molar-refractivity contribution < 1.29 is 18.1 Å². The second-order valence-corrected chi connectivity index (χ2v) is 10.7. The van der Waals surface area contributed by atoms with Gasteiger partial charge in [0.2, 0.25) is 5.91 Å².